The van der Waals surface area contributed by atoms with Crippen molar-refractivity contribution in [2.24, 2.45) is 0 Å². The van der Waals surface area contributed by atoms with E-state index in [0.717, 1.165) is 65.0 Å². The molecule has 3 aromatic rings. The third-order valence-electron chi connectivity index (χ3n) is 6.60. The third-order valence-corrected chi connectivity index (χ3v) is 6.97. The molecule has 0 saturated heterocycles. The number of likely N-dealkylation sites (N-methyl/N-ethyl adjacent to an activating group) is 1. The molecule has 1 aliphatic rings. The molecule has 0 radical (unpaired) electrons. The van der Waals surface area contributed by atoms with Crippen LogP contribution in [0.4, 0.5) is 17.5 Å². The molecule has 1 aromatic heterocycles. The van der Waals surface area contributed by atoms with Crippen LogP contribution in [0, 0.1) is 12.8 Å². The van der Waals surface area contributed by atoms with E-state index in [0.29, 0.717) is 12.4 Å². The summed E-state index contributed by atoms with van der Waals surface area (Å²) in [6, 6.07) is 16.5. The van der Waals surface area contributed by atoms with Crippen LogP contribution < -0.4 is 10.2 Å². The topological polar surface area (TPSA) is 44.3 Å². The number of rotatable bonds is 10. The molecular formula is C31H36ClN5. The Kier molecular flexibility index (Phi) is 10.3. The second-order valence-electron chi connectivity index (χ2n) is 8.87. The zero-order valence-electron chi connectivity index (χ0n) is 22.0. The number of fused-ring (bicyclic) bond motifs is 1. The molecule has 4 rings (SSSR count). The fourth-order valence-corrected chi connectivity index (χ4v) is 4.56. The van der Waals surface area contributed by atoms with Crippen LogP contribution in [0.3, 0.4) is 0 Å². The van der Waals surface area contributed by atoms with Gasteiger partial charge in [0, 0.05) is 41.6 Å². The molecule has 2 aromatic carbocycles. The lowest BCUT2D eigenvalue weighted by Crippen LogP contribution is -2.24. The van der Waals surface area contributed by atoms with E-state index in [4.69, 9.17) is 16.6 Å². The van der Waals surface area contributed by atoms with Crippen molar-refractivity contribution in [3.63, 3.8) is 0 Å². The molecule has 1 aliphatic heterocycles. The van der Waals surface area contributed by atoms with Gasteiger partial charge < -0.3 is 15.1 Å². The van der Waals surface area contributed by atoms with E-state index in [2.05, 4.69) is 78.8 Å². The lowest BCUT2D eigenvalue weighted by Gasteiger charge is -2.29. The van der Waals surface area contributed by atoms with Crippen LogP contribution in [-0.4, -0.2) is 41.5 Å². The summed E-state index contributed by atoms with van der Waals surface area (Å²) in [7, 11) is 1.99. The number of allylic oxidation sites excluding steroid dienone is 1. The summed E-state index contributed by atoms with van der Waals surface area (Å²) in [6.45, 7) is 12.1. The van der Waals surface area contributed by atoms with Gasteiger partial charge in [0.15, 0.2) is 0 Å². The molecule has 1 N–H and O–H groups in total. The van der Waals surface area contributed by atoms with E-state index in [1.807, 2.05) is 42.4 Å². The molecule has 0 bridgehead atoms. The lowest BCUT2D eigenvalue weighted by atomic mass is 9.97. The Morgan fingerprint density at radius 2 is 1.76 bits per heavy atom. The first-order valence-electron chi connectivity index (χ1n) is 12.6. The molecule has 37 heavy (non-hydrogen) atoms. The van der Waals surface area contributed by atoms with Gasteiger partial charge in [-0.25, -0.2) is 4.98 Å². The second kappa shape index (κ2) is 13.6. The molecule has 0 atom stereocenters. The molecule has 2 heterocycles. The highest BCUT2D eigenvalue weighted by Gasteiger charge is 2.22. The highest BCUT2D eigenvalue weighted by Crippen LogP contribution is 2.34. The molecule has 5 nitrogen and oxygen atoms in total. The Morgan fingerprint density at radius 3 is 2.43 bits per heavy atom. The van der Waals surface area contributed by atoms with Gasteiger partial charge in [-0.2, -0.15) is 4.98 Å². The number of nitrogens with zero attached hydrogens (tertiary/aromatic N) is 4. The van der Waals surface area contributed by atoms with Crippen molar-refractivity contribution in [1.82, 2.24) is 14.9 Å². The molecule has 0 spiro atoms. The summed E-state index contributed by atoms with van der Waals surface area (Å²) in [5, 5.41) is 4.11. The van der Waals surface area contributed by atoms with Crippen LogP contribution in [0.2, 0.25) is 5.02 Å². The van der Waals surface area contributed by atoms with Crippen molar-refractivity contribution in [2.45, 2.75) is 33.1 Å². The maximum atomic E-state index is 6.38. The van der Waals surface area contributed by atoms with E-state index in [-0.39, 0.29) is 0 Å². The first kappa shape index (κ1) is 28.0. The Labute approximate surface area is 226 Å². The van der Waals surface area contributed by atoms with E-state index in [9.17, 15) is 0 Å². The fourth-order valence-electron chi connectivity index (χ4n) is 4.36. The number of hydrogen-bond acceptors (Lipinski definition) is 5. The van der Waals surface area contributed by atoms with Crippen molar-refractivity contribution in [3.05, 3.63) is 94.3 Å². The van der Waals surface area contributed by atoms with Crippen LogP contribution in [0.25, 0.3) is 6.08 Å². The SMILES string of the molecule is C#C.C=C1C(Cc2ccccc2Cl)=Cc2cnc(Nc3ccc(CCCN(CC)CC)cc3)nc2N1C. The van der Waals surface area contributed by atoms with Gasteiger partial charge in [-0.15, -0.1) is 12.8 Å². The normalized spacial score (nSPS) is 12.5. The predicted molar refractivity (Wildman–Crippen MR) is 158 cm³/mol. The van der Waals surface area contributed by atoms with Gasteiger partial charge in [0.2, 0.25) is 5.95 Å². The molecule has 0 fully saturated rings. The minimum atomic E-state index is 0.570. The van der Waals surface area contributed by atoms with E-state index >= 15 is 0 Å². The first-order valence-corrected chi connectivity index (χ1v) is 13.0. The highest BCUT2D eigenvalue weighted by molar-refractivity contribution is 6.31. The standard InChI is InChI=1S/C29H34ClN5.C2H2/c1-5-35(6-2)17-9-10-22-13-15-26(16-14-22)32-29-31-20-25-19-24(21(3)34(4)28(25)33-29)18-23-11-7-8-12-27(23)30;1-2/h7-8,11-16,19-20H,3,5-6,9-10,17-18H2,1-2,4H3,(H,31,32,33);1-2H. The molecular weight excluding hydrogens is 478 g/mol. The maximum Gasteiger partial charge on any atom is 0.229 e. The number of hydrogen-bond donors (Lipinski definition) is 1. The first-order chi connectivity index (χ1) is 18.0. The van der Waals surface area contributed by atoms with Gasteiger partial charge >= 0.3 is 0 Å². The van der Waals surface area contributed by atoms with Crippen LogP contribution >= 0.6 is 11.6 Å². The molecule has 6 heteroatoms. The van der Waals surface area contributed by atoms with Gasteiger partial charge in [0.1, 0.15) is 5.82 Å². The summed E-state index contributed by atoms with van der Waals surface area (Å²) in [5.41, 5.74) is 6.39. The fraction of sp³-hybridized carbons (Fsp3) is 0.290. The van der Waals surface area contributed by atoms with Gasteiger partial charge in [-0.1, -0.05) is 62.4 Å². The number of anilines is 3. The average molecular weight is 514 g/mol. The van der Waals surface area contributed by atoms with Crippen molar-refractivity contribution in [2.75, 3.05) is 36.9 Å². The largest absolute Gasteiger partial charge is 0.329 e. The number of aromatic nitrogens is 2. The van der Waals surface area contributed by atoms with Crippen LogP contribution in [0.15, 0.2) is 72.6 Å². The van der Waals surface area contributed by atoms with Crippen molar-refractivity contribution in [1.29, 1.82) is 0 Å². The number of nitrogens with one attached hydrogen (secondary N) is 1. The molecule has 192 valence electrons. The smallest absolute Gasteiger partial charge is 0.229 e. The zero-order chi connectivity index (χ0) is 26.8. The molecule has 0 aliphatic carbocycles. The number of aryl methyl sites for hydroxylation is 1. The summed E-state index contributed by atoms with van der Waals surface area (Å²) in [6.07, 6.45) is 14.9. The Morgan fingerprint density at radius 1 is 1.05 bits per heavy atom. The Hall–Kier alpha value is -3.59. The molecule has 0 saturated carbocycles. The molecule has 0 unspecified atom stereocenters. The van der Waals surface area contributed by atoms with Gasteiger partial charge in [0.05, 0.1) is 0 Å². The van der Waals surface area contributed by atoms with E-state index in [1.54, 1.807) is 0 Å². The summed E-state index contributed by atoms with van der Waals surface area (Å²) in [5.74, 6) is 1.41. The Balaban J connectivity index is 0.00000186. The minimum Gasteiger partial charge on any atom is -0.329 e. The highest BCUT2D eigenvalue weighted by atomic mass is 35.5. The number of terminal acetylenes is 1. The second-order valence-corrected chi connectivity index (χ2v) is 9.28. The quantitative estimate of drug-likeness (QED) is 0.296. The monoisotopic (exact) mass is 513 g/mol. The van der Waals surface area contributed by atoms with Gasteiger partial charge in [0.25, 0.3) is 0 Å². The van der Waals surface area contributed by atoms with Crippen LogP contribution in [0.5, 0.6) is 0 Å². The summed E-state index contributed by atoms with van der Waals surface area (Å²) in [4.78, 5) is 13.8. The van der Waals surface area contributed by atoms with Crippen LogP contribution in [0.1, 0.15) is 37.0 Å². The van der Waals surface area contributed by atoms with Crippen molar-refractivity contribution in [3.8, 4) is 12.8 Å². The van der Waals surface area contributed by atoms with E-state index in [1.165, 1.54) is 12.0 Å². The third kappa shape index (κ3) is 7.22. The van der Waals surface area contributed by atoms with Crippen molar-refractivity contribution >= 4 is 35.1 Å². The van der Waals surface area contributed by atoms with Gasteiger partial charge in [-0.05, 0) is 73.5 Å². The average Bonchev–Trinajstić information content (AvgIpc) is 2.93. The molecule has 0 amide bonds. The number of benzene rings is 2. The predicted octanol–water partition coefficient (Wildman–Crippen LogP) is 6.99. The van der Waals surface area contributed by atoms with E-state index < -0.39 is 0 Å². The Bertz CT molecular complexity index is 1240. The minimum absolute atomic E-state index is 0.570. The summed E-state index contributed by atoms with van der Waals surface area (Å²) >= 11 is 6.38. The zero-order valence-corrected chi connectivity index (χ0v) is 22.8. The summed E-state index contributed by atoms with van der Waals surface area (Å²) < 4.78 is 0. The lowest BCUT2D eigenvalue weighted by molar-refractivity contribution is 0.300. The van der Waals surface area contributed by atoms with Gasteiger partial charge in [-0.3, -0.25) is 0 Å². The van der Waals surface area contributed by atoms with Crippen LogP contribution in [-0.2, 0) is 12.8 Å². The number of halogens is 1. The maximum absolute atomic E-state index is 6.38. The van der Waals surface area contributed by atoms with Crippen molar-refractivity contribution < 1.29 is 0 Å².